The quantitative estimate of drug-likeness (QED) is 0.529. The van der Waals surface area contributed by atoms with Gasteiger partial charge in [0.2, 0.25) is 0 Å². The van der Waals surface area contributed by atoms with E-state index in [9.17, 15) is 4.79 Å². The van der Waals surface area contributed by atoms with Crippen LogP contribution in [0.5, 0.6) is 0 Å². The molecule has 0 amide bonds. The smallest absolute Gasteiger partial charge is 0.303 e. The van der Waals surface area contributed by atoms with E-state index in [1.165, 1.54) is 27.3 Å². The van der Waals surface area contributed by atoms with Gasteiger partial charge in [0.1, 0.15) is 0 Å². The fourth-order valence-electron chi connectivity index (χ4n) is 4.38. The first-order valence-corrected chi connectivity index (χ1v) is 12.1. The fraction of sp³-hybridized carbons (Fsp3) is 0.423. The molecule has 1 N–H and O–H groups in total. The van der Waals surface area contributed by atoms with E-state index in [0.29, 0.717) is 6.04 Å². The molecule has 5 heteroatoms. The van der Waals surface area contributed by atoms with Crippen molar-refractivity contribution in [3.63, 3.8) is 0 Å². The zero-order valence-corrected chi connectivity index (χ0v) is 18.7. The van der Waals surface area contributed by atoms with Crippen molar-refractivity contribution >= 4 is 17.3 Å². The number of thiophene rings is 1. The summed E-state index contributed by atoms with van der Waals surface area (Å²) in [5.41, 5.74) is 2.64. The van der Waals surface area contributed by atoms with Gasteiger partial charge >= 0.3 is 5.97 Å². The molecule has 0 radical (unpaired) electrons. The number of aliphatic carboxylic acids is 1. The van der Waals surface area contributed by atoms with Gasteiger partial charge in [0.15, 0.2) is 0 Å². The number of carboxylic acid groups (broad SMARTS) is 1. The molecule has 164 valence electrons. The van der Waals surface area contributed by atoms with Crippen LogP contribution in [-0.2, 0) is 16.0 Å². The molecule has 31 heavy (non-hydrogen) atoms. The van der Waals surface area contributed by atoms with E-state index < -0.39 is 5.97 Å². The summed E-state index contributed by atoms with van der Waals surface area (Å²) < 4.78 is 6.20. The SMILES string of the molecule is O=C(O)CCCN1CCC[C@H]1COC1C=CC(Cc2ccc(-c3ccccc3)s2)=CC1. The lowest BCUT2D eigenvalue weighted by atomic mass is 10.0. The van der Waals surface area contributed by atoms with Crippen molar-refractivity contribution in [3.8, 4) is 10.4 Å². The molecule has 1 aliphatic heterocycles. The standard InChI is InChI=1S/C26H31NO3S/c28-26(29)9-5-17-27-16-4-8-22(27)19-30-23-12-10-20(11-13-23)18-24-14-15-25(31-24)21-6-2-1-3-7-21/h1-3,6-7,10-12,14-15,22-23H,4-5,8-9,13,16-19H2,(H,28,29)/t22-,23?/m0/s1. The Morgan fingerprint density at radius 1 is 1.19 bits per heavy atom. The van der Waals surface area contributed by atoms with E-state index in [1.807, 2.05) is 11.3 Å². The molecule has 0 saturated carbocycles. The Balaban J connectivity index is 1.21. The second kappa shape index (κ2) is 10.9. The molecule has 2 aromatic rings. The number of hydrogen-bond acceptors (Lipinski definition) is 4. The predicted molar refractivity (Wildman–Crippen MR) is 127 cm³/mol. The molecule has 1 aliphatic carbocycles. The summed E-state index contributed by atoms with van der Waals surface area (Å²) in [6, 6.07) is 15.4. The van der Waals surface area contributed by atoms with Crippen molar-refractivity contribution in [2.75, 3.05) is 19.7 Å². The number of carboxylic acids is 1. The summed E-state index contributed by atoms with van der Waals surface area (Å²) >= 11 is 1.87. The highest BCUT2D eigenvalue weighted by atomic mass is 32.1. The lowest BCUT2D eigenvalue weighted by Gasteiger charge is -2.26. The van der Waals surface area contributed by atoms with Crippen LogP contribution < -0.4 is 0 Å². The summed E-state index contributed by atoms with van der Waals surface area (Å²) in [7, 11) is 0. The summed E-state index contributed by atoms with van der Waals surface area (Å²) in [5.74, 6) is -0.708. The number of carbonyl (C=O) groups is 1. The zero-order valence-electron chi connectivity index (χ0n) is 17.9. The minimum atomic E-state index is -0.708. The van der Waals surface area contributed by atoms with Crippen molar-refractivity contribution in [2.45, 2.75) is 50.7 Å². The van der Waals surface area contributed by atoms with Gasteiger partial charge in [-0.15, -0.1) is 11.3 Å². The van der Waals surface area contributed by atoms with E-state index >= 15 is 0 Å². The molecule has 0 bridgehead atoms. The Morgan fingerprint density at radius 2 is 2.06 bits per heavy atom. The van der Waals surface area contributed by atoms with Crippen LogP contribution in [0.15, 0.2) is 66.3 Å². The first-order chi connectivity index (χ1) is 15.2. The van der Waals surface area contributed by atoms with Crippen molar-refractivity contribution in [3.05, 3.63) is 71.1 Å². The van der Waals surface area contributed by atoms with E-state index in [1.54, 1.807) is 0 Å². The molecule has 1 fully saturated rings. The van der Waals surface area contributed by atoms with Gasteiger partial charge in [0.25, 0.3) is 0 Å². The molecule has 2 aliphatic rings. The van der Waals surface area contributed by atoms with E-state index in [-0.39, 0.29) is 12.5 Å². The lowest BCUT2D eigenvalue weighted by molar-refractivity contribution is -0.137. The van der Waals surface area contributed by atoms with Gasteiger partial charge in [-0.25, -0.2) is 0 Å². The topological polar surface area (TPSA) is 49.8 Å². The minimum absolute atomic E-state index is 0.147. The van der Waals surface area contributed by atoms with E-state index in [4.69, 9.17) is 9.84 Å². The van der Waals surface area contributed by atoms with Crippen LogP contribution in [-0.4, -0.2) is 47.8 Å². The Hall–Kier alpha value is -2.21. The summed E-state index contributed by atoms with van der Waals surface area (Å²) in [4.78, 5) is 15.8. The second-order valence-electron chi connectivity index (χ2n) is 8.38. The third-order valence-electron chi connectivity index (χ3n) is 6.07. The molecule has 1 unspecified atom stereocenters. The highest BCUT2D eigenvalue weighted by molar-refractivity contribution is 7.15. The number of allylic oxidation sites excluding steroid dienone is 2. The van der Waals surface area contributed by atoms with Gasteiger partial charge in [-0.3, -0.25) is 9.69 Å². The first kappa shape index (κ1) is 22.0. The van der Waals surface area contributed by atoms with Crippen LogP contribution in [0.25, 0.3) is 10.4 Å². The molecule has 4 rings (SSSR count). The number of benzene rings is 1. The number of ether oxygens (including phenoxy) is 1. The van der Waals surface area contributed by atoms with Crippen LogP contribution in [0.4, 0.5) is 0 Å². The molecule has 4 nitrogen and oxygen atoms in total. The highest BCUT2D eigenvalue weighted by Gasteiger charge is 2.25. The molecule has 2 atom stereocenters. The third kappa shape index (κ3) is 6.39. The van der Waals surface area contributed by atoms with Crippen LogP contribution in [0, 0.1) is 0 Å². The normalized spacial score (nSPS) is 21.4. The Labute approximate surface area is 188 Å². The van der Waals surface area contributed by atoms with Gasteiger partial charge in [-0.05, 0) is 62.0 Å². The summed E-state index contributed by atoms with van der Waals surface area (Å²) in [6.45, 7) is 2.65. The zero-order chi connectivity index (χ0) is 21.5. The van der Waals surface area contributed by atoms with Gasteiger partial charge < -0.3 is 9.84 Å². The average molecular weight is 438 g/mol. The maximum absolute atomic E-state index is 10.7. The van der Waals surface area contributed by atoms with Gasteiger partial charge in [0, 0.05) is 28.6 Å². The molecule has 1 aromatic heterocycles. The Bertz CT molecular complexity index is 918. The second-order valence-corrected chi connectivity index (χ2v) is 9.55. The average Bonchev–Trinajstić information content (AvgIpc) is 3.43. The van der Waals surface area contributed by atoms with Crippen molar-refractivity contribution in [1.82, 2.24) is 4.90 Å². The first-order valence-electron chi connectivity index (χ1n) is 11.3. The van der Waals surface area contributed by atoms with E-state index in [0.717, 1.165) is 45.4 Å². The highest BCUT2D eigenvalue weighted by Crippen LogP contribution is 2.30. The number of rotatable bonds is 10. The van der Waals surface area contributed by atoms with Crippen molar-refractivity contribution < 1.29 is 14.6 Å². The van der Waals surface area contributed by atoms with Gasteiger partial charge in [-0.2, -0.15) is 0 Å². The number of nitrogens with zero attached hydrogens (tertiary/aromatic N) is 1. The van der Waals surface area contributed by atoms with Gasteiger partial charge in [-0.1, -0.05) is 48.6 Å². The monoisotopic (exact) mass is 437 g/mol. The van der Waals surface area contributed by atoms with Crippen LogP contribution in [0.3, 0.4) is 0 Å². The maximum Gasteiger partial charge on any atom is 0.303 e. The minimum Gasteiger partial charge on any atom is -0.481 e. The third-order valence-corrected chi connectivity index (χ3v) is 7.21. The largest absolute Gasteiger partial charge is 0.481 e. The van der Waals surface area contributed by atoms with Gasteiger partial charge in [0.05, 0.1) is 12.7 Å². The number of hydrogen-bond donors (Lipinski definition) is 1. The van der Waals surface area contributed by atoms with Crippen molar-refractivity contribution in [2.24, 2.45) is 0 Å². The molecular weight excluding hydrogens is 406 g/mol. The molecule has 1 saturated heterocycles. The molecule has 0 spiro atoms. The summed E-state index contributed by atoms with van der Waals surface area (Å²) in [6.07, 6.45) is 12.1. The van der Waals surface area contributed by atoms with Crippen LogP contribution in [0.2, 0.25) is 0 Å². The summed E-state index contributed by atoms with van der Waals surface area (Å²) in [5, 5.41) is 8.84. The maximum atomic E-state index is 10.7. The molecular formula is C26H31NO3S. The van der Waals surface area contributed by atoms with Crippen LogP contribution >= 0.6 is 11.3 Å². The van der Waals surface area contributed by atoms with Crippen molar-refractivity contribution in [1.29, 1.82) is 0 Å². The Morgan fingerprint density at radius 3 is 2.84 bits per heavy atom. The van der Waals surface area contributed by atoms with Crippen LogP contribution in [0.1, 0.15) is 37.0 Å². The molecule has 2 heterocycles. The van der Waals surface area contributed by atoms with E-state index in [2.05, 4.69) is 65.6 Å². The number of likely N-dealkylation sites (tertiary alicyclic amines) is 1. The fourth-order valence-corrected chi connectivity index (χ4v) is 5.43. The Kier molecular flexibility index (Phi) is 7.73. The molecule has 1 aromatic carbocycles. The lowest BCUT2D eigenvalue weighted by Crippen LogP contribution is -2.35. The predicted octanol–water partition coefficient (Wildman–Crippen LogP) is 5.56.